The lowest BCUT2D eigenvalue weighted by Gasteiger charge is -2.42. The largest absolute Gasteiger partial charge is 0.373 e. The highest BCUT2D eigenvalue weighted by molar-refractivity contribution is 5.31. The summed E-state index contributed by atoms with van der Waals surface area (Å²) < 4.78 is 6.05. The highest BCUT2D eigenvalue weighted by Crippen LogP contribution is 2.41. The van der Waals surface area contributed by atoms with Crippen molar-refractivity contribution in [2.45, 2.75) is 57.6 Å². The van der Waals surface area contributed by atoms with Gasteiger partial charge in [0.05, 0.1) is 12.7 Å². The van der Waals surface area contributed by atoms with E-state index in [-0.39, 0.29) is 11.6 Å². The van der Waals surface area contributed by atoms with Crippen LogP contribution in [0.4, 0.5) is 0 Å². The van der Waals surface area contributed by atoms with Crippen LogP contribution >= 0.6 is 0 Å². The molecule has 1 saturated carbocycles. The van der Waals surface area contributed by atoms with Gasteiger partial charge in [0.2, 0.25) is 0 Å². The third kappa shape index (κ3) is 2.77. The summed E-state index contributed by atoms with van der Waals surface area (Å²) in [6.07, 6.45) is 5.74. The van der Waals surface area contributed by atoms with Gasteiger partial charge in [-0.3, -0.25) is 0 Å². The number of nitrogens with two attached hydrogens (primary N) is 1. The van der Waals surface area contributed by atoms with Crippen molar-refractivity contribution in [3.8, 4) is 0 Å². The molecule has 4 unspecified atom stereocenters. The molecular formula is C18H27NO. The van der Waals surface area contributed by atoms with Crippen LogP contribution in [-0.4, -0.2) is 12.1 Å². The molecule has 2 nitrogen and oxygen atoms in total. The summed E-state index contributed by atoms with van der Waals surface area (Å²) in [6.45, 7) is 5.54. The van der Waals surface area contributed by atoms with E-state index in [1.807, 2.05) is 0 Å². The third-order valence-corrected chi connectivity index (χ3v) is 5.48. The quantitative estimate of drug-likeness (QED) is 0.888. The Morgan fingerprint density at radius 2 is 2.05 bits per heavy atom. The molecule has 1 aromatic rings. The van der Waals surface area contributed by atoms with Crippen LogP contribution < -0.4 is 5.73 Å². The minimum absolute atomic E-state index is 0.0406. The highest BCUT2D eigenvalue weighted by atomic mass is 16.5. The second kappa shape index (κ2) is 5.50. The Morgan fingerprint density at radius 3 is 2.85 bits per heavy atom. The molecule has 2 N–H and O–H groups in total. The first-order valence-electron chi connectivity index (χ1n) is 8.06. The molecule has 1 aliphatic heterocycles. The first kappa shape index (κ1) is 14.1. The molecule has 1 fully saturated rings. The van der Waals surface area contributed by atoms with Gasteiger partial charge < -0.3 is 10.5 Å². The van der Waals surface area contributed by atoms with E-state index in [4.69, 9.17) is 10.5 Å². The zero-order valence-corrected chi connectivity index (χ0v) is 12.8. The number of benzene rings is 1. The summed E-state index contributed by atoms with van der Waals surface area (Å²) in [4.78, 5) is 0. The second-order valence-corrected chi connectivity index (χ2v) is 7.07. The molecule has 0 saturated heterocycles. The van der Waals surface area contributed by atoms with Gasteiger partial charge in [-0.1, -0.05) is 38.1 Å². The lowest BCUT2D eigenvalue weighted by atomic mass is 9.69. The Hall–Kier alpha value is -0.860. The van der Waals surface area contributed by atoms with Gasteiger partial charge in [0.1, 0.15) is 0 Å². The van der Waals surface area contributed by atoms with Crippen LogP contribution in [0, 0.1) is 11.8 Å². The van der Waals surface area contributed by atoms with Gasteiger partial charge >= 0.3 is 0 Å². The Morgan fingerprint density at radius 1 is 1.25 bits per heavy atom. The van der Waals surface area contributed by atoms with Crippen LogP contribution in [0.3, 0.4) is 0 Å². The Labute approximate surface area is 122 Å². The predicted molar refractivity (Wildman–Crippen MR) is 82.6 cm³/mol. The van der Waals surface area contributed by atoms with Gasteiger partial charge in [-0.05, 0) is 55.1 Å². The molecule has 1 aromatic carbocycles. The molecule has 110 valence electrons. The van der Waals surface area contributed by atoms with Gasteiger partial charge in [-0.15, -0.1) is 0 Å². The molecule has 4 atom stereocenters. The SMILES string of the molecule is CC1CCC(N)(CC2OCCc3ccccc32)CC1C. The monoisotopic (exact) mass is 273 g/mol. The van der Waals surface area contributed by atoms with Crippen molar-refractivity contribution >= 4 is 0 Å². The lowest BCUT2D eigenvalue weighted by Crippen LogP contribution is -2.47. The zero-order valence-electron chi connectivity index (χ0n) is 12.8. The van der Waals surface area contributed by atoms with Crippen molar-refractivity contribution in [2.24, 2.45) is 17.6 Å². The third-order valence-electron chi connectivity index (χ3n) is 5.48. The number of rotatable bonds is 2. The Bertz CT molecular complexity index is 472. The molecular weight excluding hydrogens is 246 g/mol. The molecule has 0 amide bonds. The number of hydrogen-bond donors (Lipinski definition) is 1. The number of hydrogen-bond acceptors (Lipinski definition) is 2. The van der Waals surface area contributed by atoms with Crippen molar-refractivity contribution in [3.63, 3.8) is 0 Å². The normalized spacial score (nSPS) is 37.5. The molecule has 2 heteroatoms. The fraction of sp³-hybridized carbons (Fsp3) is 0.667. The van der Waals surface area contributed by atoms with Gasteiger partial charge in [-0.25, -0.2) is 0 Å². The first-order chi connectivity index (χ1) is 9.57. The van der Waals surface area contributed by atoms with Crippen LogP contribution in [0.15, 0.2) is 24.3 Å². The molecule has 0 spiro atoms. The van der Waals surface area contributed by atoms with E-state index < -0.39 is 0 Å². The van der Waals surface area contributed by atoms with Gasteiger partial charge in [0.25, 0.3) is 0 Å². The van der Waals surface area contributed by atoms with Crippen LogP contribution in [-0.2, 0) is 11.2 Å². The molecule has 20 heavy (non-hydrogen) atoms. The Kier molecular flexibility index (Phi) is 3.87. The average Bonchev–Trinajstić information content (AvgIpc) is 2.44. The van der Waals surface area contributed by atoms with E-state index in [1.165, 1.54) is 17.5 Å². The highest BCUT2D eigenvalue weighted by Gasteiger charge is 2.37. The van der Waals surface area contributed by atoms with E-state index in [0.29, 0.717) is 0 Å². The fourth-order valence-corrected chi connectivity index (χ4v) is 3.94. The van der Waals surface area contributed by atoms with Crippen molar-refractivity contribution in [2.75, 3.05) is 6.61 Å². The molecule has 0 radical (unpaired) electrons. The fourth-order valence-electron chi connectivity index (χ4n) is 3.94. The average molecular weight is 273 g/mol. The molecule has 2 aliphatic rings. The van der Waals surface area contributed by atoms with E-state index in [9.17, 15) is 0 Å². The van der Waals surface area contributed by atoms with E-state index in [2.05, 4.69) is 38.1 Å². The van der Waals surface area contributed by atoms with Crippen molar-refractivity contribution < 1.29 is 4.74 Å². The van der Waals surface area contributed by atoms with Crippen molar-refractivity contribution in [3.05, 3.63) is 35.4 Å². The summed E-state index contributed by atoms with van der Waals surface area (Å²) in [6, 6.07) is 8.70. The topological polar surface area (TPSA) is 35.2 Å². The van der Waals surface area contributed by atoms with E-state index >= 15 is 0 Å². The first-order valence-corrected chi connectivity index (χ1v) is 8.06. The lowest BCUT2D eigenvalue weighted by molar-refractivity contribution is 0.00849. The van der Waals surface area contributed by atoms with Crippen LogP contribution in [0.1, 0.15) is 56.8 Å². The van der Waals surface area contributed by atoms with Gasteiger partial charge in [0.15, 0.2) is 0 Å². The molecule has 1 heterocycles. The van der Waals surface area contributed by atoms with Crippen LogP contribution in [0.5, 0.6) is 0 Å². The Balaban J connectivity index is 1.75. The molecule has 3 rings (SSSR count). The maximum absolute atomic E-state index is 6.72. The summed E-state index contributed by atoms with van der Waals surface area (Å²) in [5, 5.41) is 0. The summed E-state index contributed by atoms with van der Waals surface area (Å²) >= 11 is 0. The molecule has 0 aromatic heterocycles. The maximum Gasteiger partial charge on any atom is 0.0845 e. The van der Waals surface area contributed by atoms with Crippen LogP contribution in [0.2, 0.25) is 0 Å². The van der Waals surface area contributed by atoms with E-state index in [1.54, 1.807) is 0 Å². The van der Waals surface area contributed by atoms with Gasteiger partial charge in [0, 0.05) is 5.54 Å². The minimum Gasteiger partial charge on any atom is -0.373 e. The molecule has 0 bridgehead atoms. The summed E-state index contributed by atoms with van der Waals surface area (Å²) in [5.41, 5.74) is 9.50. The number of ether oxygens (including phenoxy) is 1. The van der Waals surface area contributed by atoms with Crippen molar-refractivity contribution in [1.29, 1.82) is 0 Å². The zero-order chi connectivity index (χ0) is 14.2. The summed E-state index contributed by atoms with van der Waals surface area (Å²) in [5.74, 6) is 1.54. The minimum atomic E-state index is -0.0406. The standard InChI is InChI=1S/C18H27NO/c1-13-7-9-18(19,11-14(13)2)12-17-16-6-4-3-5-15(16)8-10-20-17/h3-6,13-14,17H,7-12,19H2,1-2H3. The summed E-state index contributed by atoms with van der Waals surface area (Å²) in [7, 11) is 0. The van der Waals surface area contributed by atoms with Gasteiger partial charge in [-0.2, -0.15) is 0 Å². The smallest absolute Gasteiger partial charge is 0.0845 e. The van der Waals surface area contributed by atoms with E-state index in [0.717, 1.165) is 44.1 Å². The predicted octanol–water partition coefficient (Wildman–Crippen LogP) is 3.84. The van der Waals surface area contributed by atoms with Crippen molar-refractivity contribution in [1.82, 2.24) is 0 Å². The molecule has 1 aliphatic carbocycles. The number of fused-ring (bicyclic) bond motifs is 1. The van der Waals surface area contributed by atoms with Crippen LogP contribution in [0.25, 0.3) is 0 Å². The second-order valence-electron chi connectivity index (χ2n) is 7.07. The maximum atomic E-state index is 6.72.